The van der Waals surface area contributed by atoms with Crippen molar-refractivity contribution in [3.05, 3.63) is 46.8 Å². The van der Waals surface area contributed by atoms with Crippen LogP contribution >= 0.6 is 15.9 Å². The van der Waals surface area contributed by atoms with Gasteiger partial charge in [0.05, 0.1) is 26.3 Å². The number of amides is 1. The van der Waals surface area contributed by atoms with E-state index >= 15 is 0 Å². The van der Waals surface area contributed by atoms with Crippen LogP contribution in [-0.4, -0.2) is 34.7 Å². The molecule has 2 aromatic heterocycles. The van der Waals surface area contributed by atoms with Gasteiger partial charge in [0, 0.05) is 10.7 Å². The minimum absolute atomic E-state index is 0.162. The van der Waals surface area contributed by atoms with Crippen molar-refractivity contribution in [3.8, 4) is 11.5 Å². The summed E-state index contributed by atoms with van der Waals surface area (Å²) < 4.78 is 13.0. The first-order chi connectivity index (χ1) is 11.6. The molecule has 1 amide bonds. The van der Waals surface area contributed by atoms with Gasteiger partial charge in [-0.3, -0.25) is 9.20 Å². The highest BCUT2D eigenvalue weighted by molar-refractivity contribution is 9.10. The molecule has 0 bridgehead atoms. The molecule has 1 aromatic carbocycles. The SMILES string of the molecule is COc1ccc(CC(=O)Nc2cc(Br)cn3cnnc23)cc1OC. The molecule has 0 saturated carbocycles. The Morgan fingerprint density at radius 3 is 2.79 bits per heavy atom. The van der Waals surface area contributed by atoms with Crippen molar-refractivity contribution in [1.29, 1.82) is 0 Å². The van der Waals surface area contributed by atoms with E-state index in [0.29, 0.717) is 22.8 Å². The van der Waals surface area contributed by atoms with Crippen molar-refractivity contribution >= 4 is 33.2 Å². The molecule has 8 heteroatoms. The normalized spacial score (nSPS) is 10.6. The van der Waals surface area contributed by atoms with E-state index in [4.69, 9.17) is 9.47 Å². The molecule has 7 nitrogen and oxygen atoms in total. The van der Waals surface area contributed by atoms with Crippen LogP contribution in [0.25, 0.3) is 5.65 Å². The van der Waals surface area contributed by atoms with Gasteiger partial charge in [-0.25, -0.2) is 0 Å². The number of carbonyl (C=O) groups is 1. The number of aromatic nitrogens is 3. The first-order valence-electron chi connectivity index (χ1n) is 7.10. The predicted octanol–water partition coefficient (Wildman–Crippen LogP) is 2.69. The zero-order chi connectivity index (χ0) is 17.1. The van der Waals surface area contributed by atoms with Crippen LogP contribution in [0.15, 0.2) is 41.3 Å². The molecule has 0 aliphatic carbocycles. The molecule has 1 N–H and O–H groups in total. The second kappa shape index (κ2) is 6.88. The number of nitrogens with one attached hydrogen (secondary N) is 1. The average Bonchev–Trinajstić information content (AvgIpc) is 3.03. The minimum atomic E-state index is -0.162. The van der Waals surface area contributed by atoms with E-state index in [1.807, 2.05) is 12.3 Å². The molecular formula is C16H15BrN4O3. The van der Waals surface area contributed by atoms with Crippen molar-refractivity contribution in [2.24, 2.45) is 0 Å². The van der Waals surface area contributed by atoms with E-state index < -0.39 is 0 Å². The number of nitrogens with zero attached hydrogens (tertiary/aromatic N) is 3. The monoisotopic (exact) mass is 390 g/mol. The van der Waals surface area contributed by atoms with Crippen LogP contribution in [-0.2, 0) is 11.2 Å². The van der Waals surface area contributed by atoms with Gasteiger partial charge in [0.15, 0.2) is 17.1 Å². The van der Waals surface area contributed by atoms with Gasteiger partial charge in [-0.2, -0.15) is 0 Å². The zero-order valence-corrected chi connectivity index (χ0v) is 14.7. The average molecular weight is 391 g/mol. The van der Waals surface area contributed by atoms with Crippen molar-refractivity contribution in [2.45, 2.75) is 6.42 Å². The molecule has 24 heavy (non-hydrogen) atoms. The maximum Gasteiger partial charge on any atom is 0.228 e. The molecule has 3 rings (SSSR count). The molecule has 0 fully saturated rings. The number of hydrogen-bond donors (Lipinski definition) is 1. The standard InChI is InChI=1S/C16H15BrN4O3/c1-23-13-4-3-10(5-14(13)24-2)6-15(22)19-12-7-11(17)8-21-9-18-20-16(12)21/h3-5,7-9H,6H2,1-2H3,(H,19,22). The molecule has 2 heterocycles. The fourth-order valence-corrected chi connectivity index (χ4v) is 2.81. The van der Waals surface area contributed by atoms with Gasteiger partial charge in [-0.05, 0) is 39.7 Å². The van der Waals surface area contributed by atoms with Crippen LogP contribution in [0.4, 0.5) is 5.69 Å². The van der Waals surface area contributed by atoms with Gasteiger partial charge < -0.3 is 14.8 Å². The van der Waals surface area contributed by atoms with Gasteiger partial charge in [0.1, 0.15) is 6.33 Å². The highest BCUT2D eigenvalue weighted by atomic mass is 79.9. The fourth-order valence-electron chi connectivity index (χ4n) is 2.36. The summed E-state index contributed by atoms with van der Waals surface area (Å²) in [6.45, 7) is 0. The molecule has 0 spiro atoms. The Morgan fingerprint density at radius 2 is 2.04 bits per heavy atom. The van der Waals surface area contributed by atoms with Gasteiger partial charge in [-0.1, -0.05) is 6.07 Å². The van der Waals surface area contributed by atoms with E-state index in [1.165, 1.54) is 0 Å². The lowest BCUT2D eigenvalue weighted by molar-refractivity contribution is -0.115. The minimum Gasteiger partial charge on any atom is -0.493 e. The number of methoxy groups -OCH3 is 2. The van der Waals surface area contributed by atoms with Crippen molar-refractivity contribution < 1.29 is 14.3 Å². The second-order valence-corrected chi connectivity index (χ2v) is 5.96. The number of anilines is 1. The van der Waals surface area contributed by atoms with Crippen molar-refractivity contribution in [1.82, 2.24) is 14.6 Å². The van der Waals surface area contributed by atoms with E-state index in [-0.39, 0.29) is 12.3 Å². The van der Waals surface area contributed by atoms with Crippen LogP contribution in [0, 0.1) is 0 Å². The number of fused-ring (bicyclic) bond motifs is 1. The van der Waals surface area contributed by atoms with Crippen molar-refractivity contribution in [3.63, 3.8) is 0 Å². The number of rotatable bonds is 5. The summed E-state index contributed by atoms with van der Waals surface area (Å²) >= 11 is 3.40. The number of ether oxygens (including phenoxy) is 2. The summed E-state index contributed by atoms with van der Waals surface area (Å²) in [5.41, 5.74) is 1.99. The molecule has 0 aliphatic heterocycles. The van der Waals surface area contributed by atoms with E-state index in [1.54, 1.807) is 43.1 Å². The highest BCUT2D eigenvalue weighted by Gasteiger charge is 2.12. The lowest BCUT2D eigenvalue weighted by Gasteiger charge is -2.10. The summed E-state index contributed by atoms with van der Waals surface area (Å²) in [6.07, 6.45) is 3.59. The van der Waals surface area contributed by atoms with Crippen LogP contribution in [0.1, 0.15) is 5.56 Å². The third-order valence-corrected chi connectivity index (χ3v) is 3.88. The number of benzene rings is 1. The highest BCUT2D eigenvalue weighted by Crippen LogP contribution is 2.28. The Kier molecular flexibility index (Phi) is 4.66. The van der Waals surface area contributed by atoms with Crippen LogP contribution in [0.5, 0.6) is 11.5 Å². The predicted molar refractivity (Wildman–Crippen MR) is 92.6 cm³/mol. The maximum absolute atomic E-state index is 12.4. The molecule has 0 saturated heterocycles. The molecule has 0 unspecified atom stereocenters. The molecule has 3 aromatic rings. The van der Waals surface area contributed by atoms with E-state index in [2.05, 4.69) is 31.4 Å². The van der Waals surface area contributed by atoms with Crippen molar-refractivity contribution in [2.75, 3.05) is 19.5 Å². The smallest absolute Gasteiger partial charge is 0.228 e. The number of hydrogen-bond acceptors (Lipinski definition) is 5. The van der Waals surface area contributed by atoms with Crippen LogP contribution in [0.3, 0.4) is 0 Å². The fraction of sp³-hybridized carbons (Fsp3) is 0.188. The molecule has 0 aliphatic rings. The Labute approximate surface area is 146 Å². The molecule has 0 radical (unpaired) electrons. The second-order valence-electron chi connectivity index (χ2n) is 5.05. The third-order valence-electron chi connectivity index (χ3n) is 3.45. The largest absolute Gasteiger partial charge is 0.493 e. The summed E-state index contributed by atoms with van der Waals surface area (Å²) in [6, 6.07) is 7.17. The van der Waals surface area contributed by atoms with E-state index in [0.717, 1.165) is 10.0 Å². The summed E-state index contributed by atoms with van der Waals surface area (Å²) in [5.74, 6) is 1.05. The quantitative estimate of drug-likeness (QED) is 0.724. The molecular weight excluding hydrogens is 376 g/mol. The van der Waals surface area contributed by atoms with Crippen LogP contribution in [0.2, 0.25) is 0 Å². The first-order valence-corrected chi connectivity index (χ1v) is 7.89. The van der Waals surface area contributed by atoms with Crippen LogP contribution < -0.4 is 14.8 Å². The molecule has 124 valence electrons. The number of halogens is 1. The summed E-state index contributed by atoms with van der Waals surface area (Å²) in [5, 5.41) is 10.7. The Balaban J connectivity index is 1.79. The Hall–Kier alpha value is -2.61. The first kappa shape index (κ1) is 16.3. The maximum atomic E-state index is 12.4. The molecule has 0 atom stereocenters. The van der Waals surface area contributed by atoms with Gasteiger partial charge in [0.2, 0.25) is 5.91 Å². The summed E-state index contributed by atoms with van der Waals surface area (Å²) in [4.78, 5) is 12.4. The summed E-state index contributed by atoms with van der Waals surface area (Å²) in [7, 11) is 3.13. The lowest BCUT2D eigenvalue weighted by atomic mass is 10.1. The van der Waals surface area contributed by atoms with Gasteiger partial charge in [-0.15, -0.1) is 10.2 Å². The van der Waals surface area contributed by atoms with Gasteiger partial charge >= 0.3 is 0 Å². The van der Waals surface area contributed by atoms with Gasteiger partial charge in [0.25, 0.3) is 0 Å². The zero-order valence-electron chi connectivity index (χ0n) is 13.1. The Bertz CT molecular complexity index is 894. The Morgan fingerprint density at radius 1 is 1.25 bits per heavy atom. The topological polar surface area (TPSA) is 77.8 Å². The third kappa shape index (κ3) is 3.33. The lowest BCUT2D eigenvalue weighted by Crippen LogP contribution is -2.15. The van der Waals surface area contributed by atoms with E-state index in [9.17, 15) is 4.79 Å². The number of carbonyl (C=O) groups excluding carboxylic acids is 1. The number of pyridine rings is 1.